The number of alkyl halides is 3. The molecule has 0 saturated heterocycles. The smallest absolute Gasteiger partial charge is 0.417 e. The summed E-state index contributed by atoms with van der Waals surface area (Å²) in [7, 11) is 1.69. The van der Waals surface area contributed by atoms with Gasteiger partial charge in [0.15, 0.2) is 0 Å². The number of halogens is 3. The lowest BCUT2D eigenvalue weighted by Crippen LogP contribution is -2.51. The standard InChI is InChI=1S/C25H28F3N3O2/c1-14-8-23(9-15(2)21(14)32-3)10-17-5-4-16(7-20(17)24(23)13-33-22(29)31-24)18-6-19(12-30-11-18)25(26,27)28/h4-7,11-12,14-15,21H,8-10,13H2,1-3H3,(H2,29,31)/t14-,15+,21?,23?,24-/m0/s1/i13D2. The molecule has 1 aromatic carbocycles. The molecule has 33 heavy (non-hydrogen) atoms. The molecule has 5 rings (SSSR count). The van der Waals surface area contributed by atoms with Crippen LogP contribution in [0.2, 0.25) is 0 Å². The molecule has 1 aliphatic heterocycles. The number of hydrogen-bond acceptors (Lipinski definition) is 5. The number of nitrogens with two attached hydrogens (primary N) is 1. The molecule has 8 heteroatoms. The topological polar surface area (TPSA) is 69.7 Å². The summed E-state index contributed by atoms with van der Waals surface area (Å²) in [4.78, 5) is 8.45. The second-order valence-electron chi connectivity index (χ2n) is 9.72. The third-order valence-corrected chi connectivity index (χ3v) is 7.60. The third kappa shape index (κ3) is 3.33. The molecule has 176 valence electrons. The minimum Gasteiger partial charge on any atom is -0.462 e. The van der Waals surface area contributed by atoms with E-state index in [1.54, 1.807) is 19.2 Å². The second-order valence-corrected chi connectivity index (χ2v) is 9.72. The van der Waals surface area contributed by atoms with Crippen molar-refractivity contribution >= 4 is 6.02 Å². The summed E-state index contributed by atoms with van der Waals surface area (Å²) in [5.41, 5.74) is 5.38. The van der Waals surface area contributed by atoms with E-state index in [1.807, 2.05) is 6.07 Å². The van der Waals surface area contributed by atoms with Gasteiger partial charge in [0.1, 0.15) is 12.1 Å². The fourth-order valence-electron chi connectivity index (χ4n) is 6.47. The molecule has 2 N–H and O–H groups in total. The fourth-order valence-corrected chi connectivity index (χ4v) is 6.47. The van der Waals surface area contributed by atoms with Crippen molar-refractivity contribution in [3.63, 3.8) is 0 Å². The zero-order valence-corrected chi connectivity index (χ0v) is 18.7. The highest BCUT2D eigenvalue weighted by molar-refractivity contribution is 5.76. The van der Waals surface area contributed by atoms with Crippen molar-refractivity contribution in [2.45, 2.75) is 50.9 Å². The normalized spacial score (nSPS) is 35.7. The fraction of sp³-hybridized carbons (Fsp3) is 0.520. The molecule has 2 aliphatic carbocycles. The average molecular weight is 462 g/mol. The number of aliphatic imine (C=N–C) groups is 1. The highest BCUT2D eigenvalue weighted by Gasteiger charge is 2.63. The Bertz CT molecular complexity index is 1190. The van der Waals surface area contributed by atoms with Gasteiger partial charge in [-0.2, -0.15) is 13.2 Å². The Kier molecular flexibility index (Phi) is 4.47. The molecule has 1 saturated carbocycles. The van der Waals surface area contributed by atoms with Gasteiger partial charge in [0.2, 0.25) is 0 Å². The Labute approximate surface area is 194 Å². The summed E-state index contributed by atoms with van der Waals surface area (Å²) in [6.45, 7) is 1.97. The summed E-state index contributed by atoms with van der Waals surface area (Å²) < 4.78 is 69.0. The minimum atomic E-state index is -4.52. The molecule has 0 amide bonds. The predicted molar refractivity (Wildman–Crippen MR) is 118 cm³/mol. The van der Waals surface area contributed by atoms with Crippen LogP contribution in [0.15, 0.2) is 41.7 Å². The summed E-state index contributed by atoms with van der Waals surface area (Å²) in [6, 6.07) is 6.19. The number of benzene rings is 1. The first-order valence-electron chi connectivity index (χ1n) is 12.1. The van der Waals surface area contributed by atoms with E-state index in [4.69, 9.17) is 17.9 Å². The van der Waals surface area contributed by atoms with E-state index in [0.717, 1.165) is 17.8 Å². The van der Waals surface area contributed by atoms with Crippen molar-refractivity contribution in [1.29, 1.82) is 0 Å². The van der Waals surface area contributed by atoms with Crippen molar-refractivity contribution in [3.05, 3.63) is 53.3 Å². The van der Waals surface area contributed by atoms with E-state index < -0.39 is 29.3 Å². The van der Waals surface area contributed by atoms with Crippen LogP contribution < -0.4 is 5.73 Å². The van der Waals surface area contributed by atoms with Crippen LogP contribution in [0.3, 0.4) is 0 Å². The molecule has 0 bridgehead atoms. The molecule has 1 aromatic heterocycles. The molecule has 1 fully saturated rings. The first kappa shape index (κ1) is 19.8. The number of pyridine rings is 1. The van der Waals surface area contributed by atoms with Crippen molar-refractivity contribution < 1.29 is 25.4 Å². The number of methoxy groups -OCH3 is 1. The highest BCUT2D eigenvalue weighted by Crippen LogP contribution is 2.63. The number of rotatable bonds is 2. The molecular weight excluding hydrogens is 431 g/mol. The van der Waals surface area contributed by atoms with Gasteiger partial charge < -0.3 is 15.2 Å². The zero-order chi connectivity index (χ0) is 25.4. The van der Waals surface area contributed by atoms with Gasteiger partial charge in [0, 0.05) is 30.5 Å². The maximum absolute atomic E-state index is 13.3. The molecule has 2 spiro atoms. The van der Waals surface area contributed by atoms with Gasteiger partial charge in [0.25, 0.3) is 6.02 Å². The first-order chi connectivity index (χ1) is 16.3. The van der Waals surface area contributed by atoms with Crippen molar-refractivity contribution in [1.82, 2.24) is 4.98 Å². The van der Waals surface area contributed by atoms with Crippen LogP contribution in [0.1, 0.15) is 46.1 Å². The average Bonchev–Trinajstić information content (AvgIpc) is 3.17. The number of ether oxygens (including phenoxy) is 2. The Balaban J connectivity index is 1.69. The van der Waals surface area contributed by atoms with E-state index in [9.17, 15) is 13.2 Å². The van der Waals surface area contributed by atoms with Crippen LogP contribution in [-0.4, -0.2) is 30.8 Å². The summed E-state index contributed by atoms with van der Waals surface area (Å²) in [6.07, 6.45) is -0.475. The van der Waals surface area contributed by atoms with Crippen LogP contribution in [0.25, 0.3) is 11.1 Å². The zero-order valence-electron chi connectivity index (χ0n) is 20.7. The number of amidine groups is 1. The van der Waals surface area contributed by atoms with Gasteiger partial charge in [0.05, 0.1) is 14.4 Å². The van der Waals surface area contributed by atoms with Gasteiger partial charge in [-0.25, -0.2) is 4.99 Å². The molecule has 2 aromatic rings. The quantitative estimate of drug-likeness (QED) is 0.689. The molecule has 2 unspecified atom stereocenters. The minimum absolute atomic E-state index is 0.0302. The first-order valence-corrected chi connectivity index (χ1v) is 11.1. The SMILES string of the molecule is [2H]C1([2H])OC(N)=N[C@]12c1cc(-c3cncc(C(F)(F)F)c3)ccc1CC21C[C@@H](C)C(OC)[C@@H](C)C1. The van der Waals surface area contributed by atoms with Crippen LogP contribution in [0, 0.1) is 17.3 Å². The third-order valence-electron chi connectivity index (χ3n) is 7.60. The van der Waals surface area contributed by atoms with Crippen molar-refractivity contribution in [2.75, 3.05) is 13.7 Å². The lowest BCUT2D eigenvalue weighted by molar-refractivity contribution is -0.137. The number of nitrogens with zero attached hydrogens (tertiary/aromatic N) is 2. The van der Waals surface area contributed by atoms with Crippen LogP contribution in [0.4, 0.5) is 13.2 Å². The van der Waals surface area contributed by atoms with E-state index in [2.05, 4.69) is 23.8 Å². The Morgan fingerprint density at radius 3 is 2.48 bits per heavy atom. The monoisotopic (exact) mass is 461 g/mol. The molecule has 0 radical (unpaired) electrons. The van der Waals surface area contributed by atoms with Crippen molar-refractivity contribution in [2.24, 2.45) is 28.0 Å². The number of aromatic nitrogens is 1. The van der Waals surface area contributed by atoms with Crippen LogP contribution in [0.5, 0.6) is 0 Å². The van der Waals surface area contributed by atoms with Crippen molar-refractivity contribution in [3.8, 4) is 11.1 Å². The molecule has 5 atom stereocenters. The van der Waals surface area contributed by atoms with Crippen LogP contribution in [-0.2, 0) is 27.6 Å². The Morgan fingerprint density at radius 1 is 1.15 bits per heavy atom. The van der Waals surface area contributed by atoms with Gasteiger partial charge >= 0.3 is 6.18 Å². The van der Waals surface area contributed by atoms with Crippen LogP contribution >= 0.6 is 0 Å². The summed E-state index contributed by atoms with van der Waals surface area (Å²) >= 11 is 0. The number of fused-ring (bicyclic) bond motifs is 3. The van der Waals surface area contributed by atoms with E-state index in [-0.39, 0.29) is 24.0 Å². The lowest BCUT2D eigenvalue weighted by Gasteiger charge is -2.50. The number of hydrogen-bond donors (Lipinski definition) is 1. The highest BCUT2D eigenvalue weighted by atomic mass is 19.4. The second kappa shape index (κ2) is 7.45. The van der Waals surface area contributed by atoms with E-state index in [0.29, 0.717) is 36.0 Å². The summed E-state index contributed by atoms with van der Waals surface area (Å²) in [5.74, 6) is 0.268. The lowest BCUT2D eigenvalue weighted by atomic mass is 9.57. The maximum atomic E-state index is 13.3. The van der Waals surface area contributed by atoms with E-state index >= 15 is 0 Å². The van der Waals surface area contributed by atoms with Gasteiger partial charge in [-0.1, -0.05) is 26.0 Å². The Morgan fingerprint density at radius 2 is 1.88 bits per heavy atom. The van der Waals surface area contributed by atoms with Gasteiger partial charge in [-0.15, -0.1) is 0 Å². The Hall–Kier alpha value is -2.61. The maximum Gasteiger partial charge on any atom is 0.417 e. The largest absolute Gasteiger partial charge is 0.462 e. The molecule has 2 heterocycles. The van der Waals surface area contributed by atoms with E-state index in [1.165, 1.54) is 6.20 Å². The van der Waals surface area contributed by atoms with Gasteiger partial charge in [-0.05, 0) is 59.9 Å². The summed E-state index contributed by atoms with van der Waals surface area (Å²) in [5, 5.41) is 0. The molecule has 3 aliphatic rings. The van der Waals surface area contributed by atoms with Gasteiger partial charge in [-0.3, -0.25) is 4.98 Å². The molecule has 5 nitrogen and oxygen atoms in total. The predicted octanol–water partition coefficient (Wildman–Crippen LogP) is 4.93. The molecular formula is C25H28F3N3O2.